The minimum absolute atomic E-state index is 0.303. The second-order valence-corrected chi connectivity index (χ2v) is 2.78. The van der Waals surface area contributed by atoms with Crippen LogP contribution >= 0.6 is 0 Å². The number of rotatable bonds is 5. The third kappa shape index (κ3) is 31.3. The van der Waals surface area contributed by atoms with E-state index in [2.05, 4.69) is 6.58 Å². The van der Waals surface area contributed by atoms with Gasteiger partial charge < -0.3 is 35.7 Å². The first-order valence-electron chi connectivity index (χ1n) is 4.52. The summed E-state index contributed by atoms with van der Waals surface area (Å²) in [6.45, 7) is 2.28. The number of aliphatic hydroxyl groups excluding tert-OH is 3. The van der Waals surface area contributed by atoms with Gasteiger partial charge in [-0.2, -0.15) is 0 Å². The lowest BCUT2D eigenvalue weighted by atomic mass is 10.2. The Balaban J connectivity index is -0.000000222. The first-order chi connectivity index (χ1) is 8.58. The standard InChI is InChI=1S/C5H6O4.C3H8O3.CH2O3/c1-3(5(8)9)2-4(6)7;4-1-3(6)2-5;2-1(3)4/h1-2H2,(H,6,7)(H,8,9);3-6H,1-2H2;(H2,2,3,4). The van der Waals surface area contributed by atoms with Crippen molar-refractivity contribution in [2.75, 3.05) is 13.2 Å². The third-order valence-electron chi connectivity index (χ3n) is 1.09. The van der Waals surface area contributed by atoms with E-state index in [1.807, 2.05) is 0 Å². The molecule has 0 bridgehead atoms. The van der Waals surface area contributed by atoms with Gasteiger partial charge >= 0.3 is 18.1 Å². The van der Waals surface area contributed by atoms with Crippen molar-refractivity contribution in [2.24, 2.45) is 0 Å². The molecule has 10 heteroatoms. The van der Waals surface area contributed by atoms with Gasteiger partial charge in [-0.25, -0.2) is 9.59 Å². The van der Waals surface area contributed by atoms with Crippen molar-refractivity contribution in [3.63, 3.8) is 0 Å². The maximum absolute atomic E-state index is 9.87. The maximum Gasteiger partial charge on any atom is 0.503 e. The van der Waals surface area contributed by atoms with E-state index in [-0.39, 0.29) is 18.8 Å². The van der Waals surface area contributed by atoms with Gasteiger partial charge in [0.1, 0.15) is 6.10 Å². The maximum atomic E-state index is 9.87. The Morgan fingerprint density at radius 2 is 1.26 bits per heavy atom. The second kappa shape index (κ2) is 13.9. The van der Waals surface area contributed by atoms with E-state index < -0.39 is 30.6 Å². The zero-order valence-electron chi connectivity index (χ0n) is 9.76. The summed E-state index contributed by atoms with van der Waals surface area (Å²) < 4.78 is 0. The van der Waals surface area contributed by atoms with Crippen molar-refractivity contribution < 1.29 is 50.1 Å². The normalized spacial score (nSPS) is 8.42. The number of carboxylic acid groups (broad SMARTS) is 4. The van der Waals surface area contributed by atoms with E-state index in [0.29, 0.717) is 0 Å². The molecule has 10 nitrogen and oxygen atoms in total. The quantitative estimate of drug-likeness (QED) is 0.297. The monoisotopic (exact) mass is 284 g/mol. The number of hydrogen-bond acceptors (Lipinski definition) is 6. The van der Waals surface area contributed by atoms with Crippen LogP contribution in [0, 0.1) is 0 Å². The van der Waals surface area contributed by atoms with Gasteiger partial charge in [0, 0.05) is 5.57 Å². The largest absolute Gasteiger partial charge is 0.503 e. The van der Waals surface area contributed by atoms with Gasteiger partial charge in [0.25, 0.3) is 0 Å². The van der Waals surface area contributed by atoms with Crippen molar-refractivity contribution in [1.82, 2.24) is 0 Å². The highest BCUT2D eigenvalue weighted by atomic mass is 16.6. The molecule has 0 aliphatic rings. The lowest BCUT2D eigenvalue weighted by molar-refractivity contribution is -0.139. The summed E-state index contributed by atoms with van der Waals surface area (Å²) in [7, 11) is 0. The number of hydrogen-bond donors (Lipinski definition) is 7. The molecule has 0 saturated heterocycles. The Morgan fingerprint density at radius 3 is 1.32 bits per heavy atom. The lowest BCUT2D eigenvalue weighted by Gasteiger charge is -1.96. The predicted molar refractivity (Wildman–Crippen MR) is 59.9 cm³/mol. The first kappa shape index (κ1) is 22.0. The van der Waals surface area contributed by atoms with Crippen molar-refractivity contribution in [2.45, 2.75) is 12.5 Å². The Morgan fingerprint density at radius 1 is 0.947 bits per heavy atom. The molecular weight excluding hydrogens is 268 g/mol. The van der Waals surface area contributed by atoms with Crippen LogP contribution in [-0.4, -0.2) is 73.2 Å². The van der Waals surface area contributed by atoms with Gasteiger partial charge in [0.2, 0.25) is 0 Å². The molecule has 112 valence electrons. The SMILES string of the molecule is C=C(CC(=O)O)C(=O)O.O=C(O)O.OCC(O)CO. The van der Waals surface area contributed by atoms with Crippen molar-refractivity contribution in [3.05, 3.63) is 12.2 Å². The number of carboxylic acids is 2. The van der Waals surface area contributed by atoms with E-state index in [0.717, 1.165) is 0 Å². The molecule has 0 fully saturated rings. The van der Waals surface area contributed by atoms with E-state index >= 15 is 0 Å². The highest BCUT2D eigenvalue weighted by Gasteiger charge is 2.07. The molecule has 0 aromatic heterocycles. The highest BCUT2D eigenvalue weighted by molar-refractivity contribution is 5.91. The van der Waals surface area contributed by atoms with Gasteiger partial charge in [-0.1, -0.05) is 6.58 Å². The summed E-state index contributed by atoms with van der Waals surface area (Å²) in [4.78, 5) is 28.2. The molecule has 0 aliphatic carbocycles. The Hall–Kier alpha value is -2.17. The molecule has 7 N–H and O–H groups in total. The van der Waals surface area contributed by atoms with Crippen LogP contribution in [0.5, 0.6) is 0 Å². The summed E-state index contributed by atoms with van der Waals surface area (Å²) in [6.07, 6.45) is -3.29. The molecule has 0 aromatic rings. The van der Waals surface area contributed by atoms with Crippen LogP contribution in [0.15, 0.2) is 12.2 Å². The predicted octanol–water partition coefficient (Wildman–Crippen LogP) is -1.34. The second-order valence-electron chi connectivity index (χ2n) is 2.78. The Labute approximate surface area is 107 Å². The van der Waals surface area contributed by atoms with Crippen molar-refractivity contribution in [3.8, 4) is 0 Å². The summed E-state index contributed by atoms with van der Waals surface area (Å²) >= 11 is 0. The molecule has 0 saturated carbocycles. The minimum Gasteiger partial charge on any atom is -0.481 e. The molecule has 0 amide bonds. The molecule has 0 unspecified atom stereocenters. The zero-order valence-corrected chi connectivity index (χ0v) is 9.76. The average molecular weight is 284 g/mol. The average Bonchev–Trinajstić information content (AvgIpc) is 2.27. The number of carbonyl (C=O) groups is 3. The van der Waals surface area contributed by atoms with Gasteiger partial charge in [-0.3, -0.25) is 4.79 Å². The lowest BCUT2D eigenvalue weighted by Crippen LogP contribution is -2.15. The highest BCUT2D eigenvalue weighted by Crippen LogP contribution is 1.95. The van der Waals surface area contributed by atoms with Gasteiger partial charge in [-0.05, 0) is 0 Å². The van der Waals surface area contributed by atoms with E-state index in [4.69, 9.17) is 40.5 Å². The minimum atomic E-state index is -1.83. The molecule has 0 atom stereocenters. The van der Waals surface area contributed by atoms with Crippen LogP contribution in [0.4, 0.5) is 4.79 Å². The zero-order chi connectivity index (χ0) is 16.0. The molecule has 0 spiro atoms. The van der Waals surface area contributed by atoms with Gasteiger partial charge in [-0.15, -0.1) is 0 Å². The van der Waals surface area contributed by atoms with Crippen LogP contribution in [0.1, 0.15) is 6.42 Å². The molecule has 0 rings (SSSR count). The summed E-state index contributed by atoms with van der Waals surface area (Å²) in [5.41, 5.74) is -0.303. The third-order valence-corrected chi connectivity index (χ3v) is 1.09. The Kier molecular flexibility index (Phi) is 16.1. The first-order valence-corrected chi connectivity index (χ1v) is 4.52. The van der Waals surface area contributed by atoms with Crippen LogP contribution in [0.2, 0.25) is 0 Å². The molecule has 0 heterocycles. The fraction of sp³-hybridized carbons (Fsp3) is 0.444. The summed E-state index contributed by atoms with van der Waals surface area (Å²) in [5.74, 6) is -2.44. The number of aliphatic carboxylic acids is 2. The molecule has 19 heavy (non-hydrogen) atoms. The smallest absolute Gasteiger partial charge is 0.481 e. The fourth-order valence-corrected chi connectivity index (χ4v) is 0.316. The molecular formula is C9H16O10. The Bertz CT molecular complexity index is 289. The van der Waals surface area contributed by atoms with E-state index in [1.165, 1.54) is 0 Å². The molecule has 0 radical (unpaired) electrons. The fourth-order valence-electron chi connectivity index (χ4n) is 0.316. The van der Waals surface area contributed by atoms with Crippen molar-refractivity contribution in [1.29, 1.82) is 0 Å². The van der Waals surface area contributed by atoms with E-state index in [9.17, 15) is 9.59 Å². The van der Waals surface area contributed by atoms with E-state index in [1.54, 1.807) is 0 Å². The van der Waals surface area contributed by atoms with Gasteiger partial charge in [0.15, 0.2) is 0 Å². The number of aliphatic hydroxyl groups is 3. The summed E-state index contributed by atoms with van der Waals surface area (Å²) in [6, 6.07) is 0. The van der Waals surface area contributed by atoms with Crippen LogP contribution < -0.4 is 0 Å². The van der Waals surface area contributed by atoms with Crippen LogP contribution in [0.25, 0.3) is 0 Å². The van der Waals surface area contributed by atoms with Crippen LogP contribution in [-0.2, 0) is 9.59 Å². The van der Waals surface area contributed by atoms with Gasteiger partial charge in [0.05, 0.1) is 19.6 Å². The van der Waals surface area contributed by atoms with Crippen molar-refractivity contribution >= 4 is 18.1 Å². The van der Waals surface area contributed by atoms with Crippen LogP contribution in [0.3, 0.4) is 0 Å². The molecule has 0 aromatic carbocycles. The molecule has 0 aliphatic heterocycles. The topological polar surface area (TPSA) is 193 Å². The summed E-state index contributed by atoms with van der Waals surface area (Å²) in [5, 5.41) is 54.0.